The molecule has 0 unspecified atom stereocenters. The number of carbonyl (C=O) groups excluding carboxylic acids is 3. The number of aromatic nitrogens is 1. The minimum atomic E-state index is -0.700. The third-order valence-electron chi connectivity index (χ3n) is 5.10. The molecule has 4 amide bonds. The third-order valence-corrected chi connectivity index (χ3v) is 5.10. The number of fused-ring (bicyclic) bond motifs is 1. The van der Waals surface area contributed by atoms with Crippen LogP contribution in [0.25, 0.3) is 10.9 Å². The van der Waals surface area contributed by atoms with Gasteiger partial charge in [-0.2, -0.15) is 0 Å². The van der Waals surface area contributed by atoms with Crippen molar-refractivity contribution in [1.29, 1.82) is 0 Å². The zero-order chi connectivity index (χ0) is 21.1. The van der Waals surface area contributed by atoms with E-state index in [0.717, 1.165) is 16.5 Å². The SMILES string of the molecule is COc1ccc(CN2C(=O)N[C@@H](CCC(=O)Nc3ccc4[nH]ccc4c3)C2=O)cc1. The van der Waals surface area contributed by atoms with Crippen molar-refractivity contribution in [2.24, 2.45) is 0 Å². The fraction of sp³-hybridized carbons (Fsp3) is 0.227. The zero-order valence-electron chi connectivity index (χ0n) is 16.5. The molecule has 0 aliphatic carbocycles. The predicted octanol–water partition coefficient (Wildman–Crippen LogP) is 3.02. The molecule has 8 heteroatoms. The number of benzene rings is 2. The zero-order valence-corrected chi connectivity index (χ0v) is 16.5. The van der Waals surface area contributed by atoms with E-state index >= 15 is 0 Å². The van der Waals surface area contributed by atoms with Crippen LogP contribution in [0.15, 0.2) is 54.7 Å². The predicted molar refractivity (Wildman–Crippen MR) is 112 cm³/mol. The first-order chi connectivity index (χ1) is 14.5. The minimum absolute atomic E-state index is 0.123. The second kappa shape index (κ2) is 8.28. The summed E-state index contributed by atoms with van der Waals surface area (Å²) in [5, 5.41) is 6.50. The Balaban J connectivity index is 1.31. The molecule has 3 aromatic rings. The maximum Gasteiger partial charge on any atom is 0.325 e. The molecule has 1 aliphatic rings. The number of hydrogen-bond acceptors (Lipinski definition) is 4. The summed E-state index contributed by atoms with van der Waals surface area (Å²) in [5.41, 5.74) is 2.50. The summed E-state index contributed by atoms with van der Waals surface area (Å²) < 4.78 is 5.11. The van der Waals surface area contributed by atoms with Crippen LogP contribution in [0.4, 0.5) is 10.5 Å². The molecule has 30 heavy (non-hydrogen) atoms. The van der Waals surface area contributed by atoms with E-state index in [4.69, 9.17) is 4.74 Å². The number of hydrogen-bond donors (Lipinski definition) is 3. The van der Waals surface area contributed by atoms with Gasteiger partial charge in [0.15, 0.2) is 0 Å². The Kier molecular flexibility index (Phi) is 5.38. The van der Waals surface area contributed by atoms with Crippen LogP contribution in [0.5, 0.6) is 5.75 Å². The van der Waals surface area contributed by atoms with Gasteiger partial charge in [-0.25, -0.2) is 4.79 Å². The summed E-state index contributed by atoms with van der Waals surface area (Å²) >= 11 is 0. The number of ether oxygens (including phenoxy) is 1. The number of imide groups is 1. The Hall–Kier alpha value is -3.81. The molecule has 4 rings (SSSR count). The van der Waals surface area contributed by atoms with E-state index in [1.165, 1.54) is 4.90 Å². The van der Waals surface area contributed by atoms with E-state index in [9.17, 15) is 14.4 Å². The maximum atomic E-state index is 12.6. The number of nitrogens with zero attached hydrogens (tertiary/aromatic N) is 1. The van der Waals surface area contributed by atoms with Crippen LogP contribution in [0.1, 0.15) is 18.4 Å². The van der Waals surface area contributed by atoms with Crippen molar-refractivity contribution in [3.05, 3.63) is 60.3 Å². The van der Waals surface area contributed by atoms with E-state index in [1.807, 2.05) is 42.6 Å². The van der Waals surface area contributed by atoms with Gasteiger partial charge in [-0.1, -0.05) is 12.1 Å². The van der Waals surface area contributed by atoms with Crippen LogP contribution in [0.2, 0.25) is 0 Å². The summed E-state index contributed by atoms with van der Waals surface area (Å²) in [6, 6.07) is 13.5. The average Bonchev–Trinajstić information content (AvgIpc) is 3.32. The molecule has 2 heterocycles. The van der Waals surface area contributed by atoms with Crippen molar-refractivity contribution < 1.29 is 19.1 Å². The smallest absolute Gasteiger partial charge is 0.325 e. The van der Waals surface area contributed by atoms with E-state index in [0.29, 0.717) is 11.4 Å². The topological polar surface area (TPSA) is 104 Å². The lowest BCUT2D eigenvalue weighted by atomic mass is 10.1. The molecule has 154 valence electrons. The normalized spacial score (nSPS) is 16.0. The number of anilines is 1. The Morgan fingerprint density at radius 1 is 1.13 bits per heavy atom. The quantitative estimate of drug-likeness (QED) is 0.525. The highest BCUT2D eigenvalue weighted by Gasteiger charge is 2.37. The van der Waals surface area contributed by atoms with Crippen molar-refractivity contribution in [2.75, 3.05) is 12.4 Å². The average molecular weight is 406 g/mol. The third kappa shape index (κ3) is 4.12. The monoisotopic (exact) mass is 406 g/mol. The minimum Gasteiger partial charge on any atom is -0.497 e. The molecule has 0 spiro atoms. The molecule has 1 fully saturated rings. The Bertz CT molecular complexity index is 1090. The number of nitrogens with one attached hydrogen (secondary N) is 3. The summed E-state index contributed by atoms with van der Waals surface area (Å²) in [6.07, 6.45) is 2.20. The summed E-state index contributed by atoms with van der Waals surface area (Å²) in [4.78, 5) is 41.4. The van der Waals surface area contributed by atoms with Crippen LogP contribution in [-0.2, 0) is 16.1 Å². The summed E-state index contributed by atoms with van der Waals surface area (Å²) in [6.45, 7) is 0.175. The van der Waals surface area contributed by atoms with E-state index < -0.39 is 12.1 Å². The number of aromatic amines is 1. The van der Waals surface area contributed by atoms with Gasteiger partial charge in [0.1, 0.15) is 11.8 Å². The van der Waals surface area contributed by atoms with E-state index in [1.54, 1.807) is 19.2 Å². The van der Waals surface area contributed by atoms with Gasteiger partial charge in [-0.15, -0.1) is 0 Å². The molecular formula is C22H22N4O4. The molecule has 0 saturated carbocycles. The number of H-pyrrole nitrogens is 1. The molecule has 0 bridgehead atoms. The van der Waals surface area contributed by atoms with E-state index in [-0.39, 0.29) is 31.2 Å². The molecule has 0 radical (unpaired) electrons. The highest BCUT2D eigenvalue weighted by atomic mass is 16.5. The van der Waals surface area contributed by atoms with Gasteiger partial charge in [-0.3, -0.25) is 14.5 Å². The van der Waals surface area contributed by atoms with Gasteiger partial charge < -0.3 is 20.4 Å². The van der Waals surface area contributed by atoms with Crippen LogP contribution >= 0.6 is 0 Å². The van der Waals surface area contributed by atoms with Crippen LogP contribution in [0.3, 0.4) is 0 Å². The second-order valence-electron chi connectivity index (χ2n) is 7.14. The van der Waals surface area contributed by atoms with Crippen molar-refractivity contribution in [2.45, 2.75) is 25.4 Å². The fourth-order valence-corrected chi connectivity index (χ4v) is 3.47. The van der Waals surface area contributed by atoms with Crippen molar-refractivity contribution in [1.82, 2.24) is 15.2 Å². The Morgan fingerprint density at radius 2 is 1.93 bits per heavy atom. The van der Waals surface area contributed by atoms with Crippen molar-refractivity contribution in [3.63, 3.8) is 0 Å². The number of carbonyl (C=O) groups is 3. The lowest BCUT2D eigenvalue weighted by Crippen LogP contribution is -2.31. The Labute approximate surface area is 173 Å². The summed E-state index contributed by atoms with van der Waals surface area (Å²) in [5.74, 6) is 0.174. The standard InChI is InChI=1S/C22H22N4O4/c1-30-17-5-2-14(3-6-17)13-26-21(28)19(25-22(26)29)8-9-20(27)24-16-4-7-18-15(12-16)10-11-23-18/h2-7,10-12,19,23H,8-9,13H2,1H3,(H,24,27)(H,25,29)/t19-/m0/s1. The van der Waals surface area contributed by atoms with Gasteiger partial charge in [0.2, 0.25) is 5.91 Å². The molecule has 1 aliphatic heterocycles. The number of amides is 4. The molecule has 1 aromatic heterocycles. The fourth-order valence-electron chi connectivity index (χ4n) is 3.47. The number of rotatable bonds is 7. The number of urea groups is 1. The van der Waals surface area contributed by atoms with Crippen molar-refractivity contribution >= 4 is 34.4 Å². The van der Waals surface area contributed by atoms with Gasteiger partial charge in [0.05, 0.1) is 13.7 Å². The highest BCUT2D eigenvalue weighted by molar-refractivity contribution is 6.04. The van der Waals surface area contributed by atoms with Crippen LogP contribution in [-0.4, -0.2) is 40.9 Å². The molecular weight excluding hydrogens is 384 g/mol. The lowest BCUT2D eigenvalue weighted by Gasteiger charge is -2.13. The molecule has 2 aromatic carbocycles. The van der Waals surface area contributed by atoms with Gasteiger partial charge in [0.25, 0.3) is 5.91 Å². The molecule has 8 nitrogen and oxygen atoms in total. The summed E-state index contributed by atoms with van der Waals surface area (Å²) in [7, 11) is 1.58. The highest BCUT2D eigenvalue weighted by Crippen LogP contribution is 2.20. The molecule has 3 N–H and O–H groups in total. The van der Waals surface area contributed by atoms with Gasteiger partial charge in [0, 0.05) is 29.2 Å². The van der Waals surface area contributed by atoms with Crippen LogP contribution in [0, 0.1) is 0 Å². The van der Waals surface area contributed by atoms with E-state index in [2.05, 4.69) is 15.6 Å². The van der Waals surface area contributed by atoms with Crippen LogP contribution < -0.4 is 15.4 Å². The maximum absolute atomic E-state index is 12.6. The Morgan fingerprint density at radius 3 is 2.70 bits per heavy atom. The van der Waals surface area contributed by atoms with Crippen molar-refractivity contribution in [3.8, 4) is 5.75 Å². The molecule has 1 atom stereocenters. The molecule has 1 saturated heterocycles. The second-order valence-corrected chi connectivity index (χ2v) is 7.14. The first-order valence-corrected chi connectivity index (χ1v) is 9.65. The number of methoxy groups -OCH3 is 1. The van der Waals surface area contributed by atoms with Gasteiger partial charge in [-0.05, 0) is 48.4 Å². The lowest BCUT2D eigenvalue weighted by molar-refractivity contribution is -0.128. The van der Waals surface area contributed by atoms with Gasteiger partial charge >= 0.3 is 6.03 Å². The first-order valence-electron chi connectivity index (χ1n) is 9.65. The largest absolute Gasteiger partial charge is 0.497 e. The first kappa shape index (κ1) is 19.5.